The number of anilines is 1. The number of halogens is 5. The summed E-state index contributed by atoms with van der Waals surface area (Å²) in [4.78, 5) is 38.4. The van der Waals surface area contributed by atoms with Crippen LogP contribution in [0.2, 0.25) is 10.0 Å². The second kappa shape index (κ2) is 8.68. The smallest absolute Gasteiger partial charge is 0.293 e. The normalized spacial score (nSPS) is 15.9. The second-order valence-electron chi connectivity index (χ2n) is 8.25. The first-order valence-corrected chi connectivity index (χ1v) is 10.8. The average Bonchev–Trinajstić information content (AvgIpc) is 3.31. The van der Waals surface area contributed by atoms with E-state index >= 15 is 0 Å². The van der Waals surface area contributed by atoms with Crippen LogP contribution in [0.3, 0.4) is 0 Å². The molecule has 3 aromatic rings. The summed E-state index contributed by atoms with van der Waals surface area (Å²) in [6.45, 7) is 0. The summed E-state index contributed by atoms with van der Waals surface area (Å²) in [5.41, 5.74) is -1.80. The molecule has 4 rings (SSSR count). The first kappa shape index (κ1) is 24.7. The van der Waals surface area contributed by atoms with Gasteiger partial charge in [0.05, 0.1) is 27.3 Å². The van der Waals surface area contributed by atoms with E-state index in [2.05, 4.69) is 20.9 Å². The van der Waals surface area contributed by atoms with Crippen LogP contribution in [0.15, 0.2) is 30.6 Å². The maximum atomic E-state index is 13.7. The number of hydrogen-bond acceptors (Lipinski definition) is 5. The van der Waals surface area contributed by atoms with Crippen molar-refractivity contribution in [2.75, 3.05) is 5.32 Å². The van der Waals surface area contributed by atoms with Crippen LogP contribution in [0.1, 0.15) is 39.4 Å². The van der Waals surface area contributed by atoms with Gasteiger partial charge in [0.1, 0.15) is 17.2 Å². The van der Waals surface area contributed by atoms with Gasteiger partial charge in [-0.25, -0.2) is 13.2 Å². The summed E-state index contributed by atoms with van der Waals surface area (Å²) in [6, 6.07) is 3.52. The Bertz CT molecular complexity index is 1360. The highest BCUT2D eigenvalue weighted by Crippen LogP contribution is 2.51. The Kier molecular flexibility index (Phi) is 6.14. The lowest BCUT2D eigenvalue weighted by Gasteiger charge is -2.46. The summed E-state index contributed by atoms with van der Waals surface area (Å²) < 4.78 is 43.4. The van der Waals surface area contributed by atoms with Crippen LogP contribution in [0.4, 0.5) is 18.9 Å². The van der Waals surface area contributed by atoms with Gasteiger partial charge >= 0.3 is 0 Å². The molecular weight excluding hydrogens is 512 g/mol. The number of Topliss-reactive ketones (excluding diaryl/α,β-unsaturated/α-hetero) is 1. The Morgan fingerprint density at radius 1 is 1.11 bits per heavy atom. The Morgan fingerprint density at radius 3 is 2.37 bits per heavy atom. The molecule has 1 aliphatic carbocycles. The summed E-state index contributed by atoms with van der Waals surface area (Å²) in [5.74, 6) is -6.81. The molecule has 1 aromatic carbocycles. The van der Waals surface area contributed by atoms with Gasteiger partial charge in [0.15, 0.2) is 0 Å². The third-order valence-corrected chi connectivity index (χ3v) is 6.20. The van der Waals surface area contributed by atoms with Crippen LogP contribution in [-0.4, -0.2) is 43.1 Å². The van der Waals surface area contributed by atoms with Gasteiger partial charge in [0, 0.05) is 38.8 Å². The minimum atomic E-state index is -3.05. The lowest BCUT2D eigenvalue weighted by atomic mass is 9.71. The lowest BCUT2D eigenvalue weighted by Crippen LogP contribution is -2.61. The van der Waals surface area contributed by atoms with Crippen molar-refractivity contribution in [2.45, 2.75) is 24.3 Å². The average molecular weight is 529 g/mol. The molecular formula is C21H17Cl2F3N6O3. The van der Waals surface area contributed by atoms with E-state index in [1.165, 1.54) is 47.9 Å². The number of carbonyl (C=O) groups is 3. The Morgan fingerprint density at radius 2 is 1.80 bits per heavy atom. The van der Waals surface area contributed by atoms with Crippen molar-refractivity contribution in [2.24, 2.45) is 14.1 Å². The molecule has 1 saturated carbocycles. The summed E-state index contributed by atoms with van der Waals surface area (Å²) >= 11 is 12.0. The quantitative estimate of drug-likeness (QED) is 0.376. The largest absolute Gasteiger partial charge is 0.345 e. The fraction of sp³-hybridized carbons (Fsp3) is 0.286. The first-order chi connectivity index (χ1) is 16.3. The number of benzene rings is 1. The summed E-state index contributed by atoms with van der Waals surface area (Å²) in [7, 11) is 2.95. The van der Waals surface area contributed by atoms with Crippen LogP contribution >= 0.6 is 23.2 Å². The Labute approximate surface area is 206 Å². The van der Waals surface area contributed by atoms with Crippen molar-refractivity contribution in [3.05, 3.63) is 63.4 Å². The van der Waals surface area contributed by atoms with E-state index in [4.69, 9.17) is 23.2 Å². The summed E-state index contributed by atoms with van der Waals surface area (Å²) in [5, 5.41) is 11.8. The Hall–Kier alpha value is -3.38. The number of ketones is 1. The molecule has 1 fully saturated rings. The number of hydrogen-bond donors (Lipinski definition) is 2. The van der Waals surface area contributed by atoms with E-state index < -0.39 is 47.7 Å². The SMILES string of the molecule is Cn1cc(C2(NC(=O)C(=O)c3cn(C)c(C(=O)Nc4ccc(F)c(Cl)c4)c3Cl)CC(F)(F)C2)nn1. The molecule has 1 aliphatic rings. The van der Waals surface area contributed by atoms with Gasteiger partial charge in [0.25, 0.3) is 23.5 Å². The number of alkyl halides is 2. The first-order valence-electron chi connectivity index (χ1n) is 10.0. The van der Waals surface area contributed by atoms with Crippen molar-refractivity contribution < 1.29 is 27.6 Å². The highest BCUT2D eigenvalue weighted by atomic mass is 35.5. The molecule has 0 radical (unpaired) electrons. The molecule has 184 valence electrons. The van der Waals surface area contributed by atoms with Crippen molar-refractivity contribution in [1.82, 2.24) is 24.9 Å². The third kappa shape index (κ3) is 4.63. The molecule has 0 saturated heterocycles. The number of nitrogens with zero attached hydrogens (tertiary/aromatic N) is 4. The fourth-order valence-corrected chi connectivity index (χ4v) is 4.44. The number of aromatic nitrogens is 4. The number of carbonyl (C=O) groups excluding carboxylic acids is 3. The fourth-order valence-electron chi connectivity index (χ4n) is 3.91. The van der Waals surface area contributed by atoms with Crippen LogP contribution in [-0.2, 0) is 24.4 Å². The Balaban J connectivity index is 1.56. The molecule has 14 heteroatoms. The molecule has 2 N–H and O–H groups in total. The zero-order valence-corrected chi connectivity index (χ0v) is 19.7. The van der Waals surface area contributed by atoms with Gasteiger partial charge in [-0.05, 0) is 18.2 Å². The molecule has 2 heterocycles. The van der Waals surface area contributed by atoms with Crippen molar-refractivity contribution >= 4 is 46.5 Å². The van der Waals surface area contributed by atoms with Crippen molar-refractivity contribution in [3.63, 3.8) is 0 Å². The van der Waals surface area contributed by atoms with Crippen molar-refractivity contribution in [1.29, 1.82) is 0 Å². The van der Waals surface area contributed by atoms with E-state index in [1.54, 1.807) is 0 Å². The van der Waals surface area contributed by atoms with Gasteiger partial charge < -0.3 is 15.2 Å². The van der Waals surface area contributed by atoms with E-state index in [0.717, 1.165) is 6.07 Å². The molecule has 0 aliphatic heterocycles. The predicted octanol–water partition coefficient (Wildman–Crippen LogP) is 3.48. The number of rotatable bonds is 6. The van der Waals surface area contributed by atoms with Crippen molar-refractivity contribution in [3.8, 4) is 0 Å². The molecule has 0 unspecified atom stereocenters. The van der Waals surface area contributed by atoms with Crippen LogP contribution in [0.25, 0.3) is 0 Å². The standard InChI is InChI=1S/C21H17Cl2F3N6O3/c1-31-6-11(15(23)16(31)18(34)27-10-3-4-13(24)12(22)5-10)17(33)19(35)28-20(8-21(25,26)9-20)14-7-32(2)30-29-14/h3-7H,8-9H2,1-2H3,(H,27,34)(H,28,35). The highest BCUT2D eigenvalue weighted by Gasteiger charge is 2.60. The van der Waals surface area contributed by atoms with E-state index in [0.29, 0.717) is 0 Å². The van der Waals surface area contributed by atoms with Gasteiger partial charge in [-0.1, -0.05) is 28.4 Å². The number of aryl methyl sites for hydroxylation is 2. The minimum Gasteiger partial charge on any atom is -0.345 e. The van der Waals surface area contributed by atoms with Gasteiger partial charge in [-0.15, -0.1) is 5.10 Å². The van der Waals surface area contributed by atoms with Gasteiger partial charge in [-0.3, -0.25) is 19.1 Å². The topological polar surface area (TPSA) is 111 Å². The number of amides is 2. The van der Waals surface area contributed by atoms with E-state index in [1.807, 2.05) is 0 Å². The predicted molar refractivity (Wildman–Crippen MR) is 119 cm³/mol. The molecule has 35 heavy (non-hydrogen) atoms. The zero-order chi connectivity index (χ0) is 25.7. The monoisotopic (exact) mass is 528 g/mol. The summed E-state index contributed by atoms with van der Waals surface area (Å²) in [6.07, 6.45) is 1.03. The molecule has 2 amide bonds. The van der Waals surface area contributed by atoms with E-state index in [-0.39, 0.29) is 32.7 Å². The molecule has 0 bridgehead atoms. The second-order valence-corrected chi connectivity index (χ2v) is 9.04. The molecule has 9 nitrogen and oxygen atoms in total. The third-order valence-electron chi connectivity index (χ3n) is 5.53. The van der Waals surface area contributed by atoms with E-state index in [9.17, 15) is 27.6 Å². The van der Waals surface area contributed by atoms with Crippen LogP contribution < -0.4 is 10.6 Å². The highest BCUT2D eigenvalue weighted by molar-refractivity contribution is 6.48. The molecule has 0 spiro atoms. The minimum absolute atomic E-state index is 0.0873. The molecule has 2 aromatic heterocycles. The zero-order valence-electron chi connectivity index (χ0n) is 18.2. The lowest BCUT2D eigenvalue weighted by molar-refractivity contribution is -0.148. The number of nitrogens with one attached hydrogen (secondary N) is 2. The maximum Gasteiger partial charge on any atom is 0.293 e. The van der Waals surface area contributed by atoms with Gasteiger partial charge in [-0.2, -0.15) is 0 Å². The van der Waals surface area contributed by atoms with Crippen LogP contribution in [0, 0.1) is 5.82 Å². The molecule has 0 atom stereocenters. The van der Waals surface area contributed by atoms with Crippen LogP contribution in [0.5, 0.6) is 0 Å². The van der Waals surface area contributed by atoms with Gasteiger partial charge in [0.2, 0.25) is 0 Å². The maximum absolute atomic E-state index is 13.7.